The van der Waals surface area contributed by atoms with Crippen molar-refractivity contribution in [1.29, 1.82) is 0 Å². The summed E-state index contributed by atoms with van der Waals surface area (Å²) in [5.74, 6) is 3.50. The Labute approximate surface area is 264 Å². The highest BCUT2D eigenvalue weighted by atomic mass is 16.5. The van der Waals surface area contributed by atoms with Crippen molar-refractivity contribution in [3.05, 3.63) is 47.5 Å². The second-order valence-electron chi connectivity index (χ2n) is 16.9. The number of piperidine rings is 1. The number of likely N-dealkylation sites (tertiary alicyclic amines) is 1. The lowest BCUT2D eigenvalue weighted by Crippen LogP contribution is -2.74. The molecule has 7 fully saturated rings. The molecule has 1 aromatic rings. The zero-order chi connectivity index (χ0) is 30.0. The maximum Gasteiger partial charge on any atom is 0.101 e. The summed E-state index contributed by atoms with van der Waals surface area (Å²) in [6, 6.07) is 10.3. The number of hydrogen-bond donors (Lipinski definition) is 2. The van der Waals surface area contributed by atoms with Gasteiger partial charge in [0.2, 0.25) is 0 Å². The van der Waals surface area contributed by atoms with Crippen LogP contribution in [0.25, 0.3) is 0 Å². The van der Waals surface area contributed by atoms with E-state index >= 15 is 0 Å². The molecule has 0 radical (unpaired) electrons. The second-order valence-corrected chi connectivity index (χ2v) is 16.9. The molecule has 8 aliphatic rings. The number of aliphatic hydroxyl groups excluding tert-OH is 1. The minimum atomic E-state index is -0.368. The minimum absolute atomic E-state index is 0.00915. The third kappa shape index (κ3) is 3.65. The van der Waals surface area contributed by atoms with Crippen molar-refractivity contribution >= 4 is 0 Å². The van der Waals surface area contributed by atoms with Crippen molar-refractivity contribution in [2.45, 2.75) is 108 Å². The molecular weight excluding hydrogens is 548 g/mol. The Bertz CT molecular complexity index is 1320. The lowest BCUT2D eigenvalue weighted by atomic mass is 9.46. The summed E-state index contributed by atoms with van der Waals surface area (Å²) in [5, 5.41) is 10.5. The molecule has 44 heavy (non-hydrogen) atoms. The molecule has 3 spiro atoms. The average Bonchev–Trinajstić information content (AvgIpc) is 3.53. The summed E-state index contributed by atoms with van der Waals surface area (Å²) in [4.78, 5) is 2.59. The third-order valence-corrected chi connectivity index (χ3v) is 15.3. The highest BCUT2D eigenvalue weighted by Crippen LogP contribution is 2.93. The minimum Gasteiger partial charge on any atom is -0.393 e. The fraction of sp³-hybridized carbons (Fsp3) is 0.789. The van der Waals surface area contributed by atoms with Crippen LogP contribution in [0.4, 0.5) is 0 Å². The molecule has 240 valence electrons. The van der Waals surface area contributed by atoms with Crippen molar-refractivity contribution < 1.29 is 19.3 Å². The van der Waals surface area contributed by atoms with E-state index in [4.69, 9.17) is 19.9 Å². The number of allylic oxidation sites excluding steroid dienone is 1. The van der Waals surface area contributed by atoms with Crippen LogP contribution in [0.5, 0.6) is 0 Å². The maximum atomic E-state index is 10.5. The van der Waals surface area contributed by atoms with E-state index in [9.17, 15) is 5.11 Å². The van der Waals surface area contributed by atoms with Gasteiger partial charge in [-0.15, -0.1) is 0 Å². The Hall–Kier alpha value is -1.28. The predicted octanol–water partition coefficient (Wildman–Crippen LogP) is 5.68. The normalized spacial score (nSPS) is 51.5. The standard InChI is InChI=1S/C38H54N2O4/c1-25-18-33-38(39,40(22-25)14-15-42-16-17-43-23-26-6-4-3-5-7-26)32-21-36-24-35(36)20-31-29(30(35)11-13-37(32,36)44-33)9-8-27-19-28(41)10-12-34(27,31)2/h3-8,25,28-33,41H,9-24,39H2,1-2H3/t25-,28-,29-,30-,31-,32-,33+,34-,35?,36?,37+,38-/m0/s1. The zero-order valence-corrected chi connectivity index (χ0v) is 27.0. The lowest BCUT2D eigenvalue weighted by Gasteiger charge is -2.62. The molecule has 0 aromatic heterocycles. The van der Waals surface area contributed by atoms with Gasteiger partial charge in [-0.1, -0.05) is 55.8 Å². The molecule has 2 heterocycles. The van der Waals surface area contributed by atoms with Gasteiger partial charge in [0.25, 0.3) is 0 Å². The Kier molecular flexibility index (Phi) is 6.48. The SMILES string of the molecule is C[C@H]1C[C@H]2O[C@@]34CC[C@H]5[C@@H]6CC=C7C[C@@H](O)CC[C@]7(C)[C@H]6CC56CC63C[C@@H]4[C@]2(N)N(CCOCCOCc2ccccc2)C1. The van der Waals surface area contributed by atoms with Crippen LogP contribution in [0, 0.1) is 45.8 Å². The molecule has 0 bridgehead atoms. The molecule has 1 aromatic carbocycles. The zero-order valence-electron chi connectivity index (χ0n) is 27.0. The topological polar surface area (TPSA) is 77.2 Å². The van der Waals surface area contributed by atoms with Crippen LogP contribution in [0.1, 0.15) is 83.6 Å². The van der Waals surface area contributed by atoms with Gasteiger partial charge in [0, 0.05) is 24.4 Å². The summed E-state index contributed by atoms with van der Waals surface area (Å²) >= 11 is 0. The van der Waals surface area contributed by atoms with E-state index < -0.39 is 0 Å². The van der Waals surface area contributed by atoms with Crippen molar-refractivity contribution in [1.82, 2.24) is 4.90 Å². The Balaban J connectivity index is 0.879. The van der Waals surface area contributed by atoms with E-state index in [1.807, 2.05) is 6.07 Å². The summed E-state index contributed by atoms with van der Waals surface area (Å²) < 4.78 is 19.4. The molecule has 12 atom stereocenters. The smallest absolute Gasteiger partial charge is 0.101 e. The molecule has 6 nitrogen and oxygen atoms in total. The van der Waals surface area contributed by atoms with Crippen LogP contribution in [-0.4, -0.2) is 66.4 Å². The van der Waals surface area contributed by atoms with Gasteiger partial charge in [0.1, 0.15) is 5.66 Å². The summed E-state index contributed by atoms with van der Waals surface area (Å²) in [7, 11) is 0. The van der Waals surface area contributed by atoms with Crippen LogP contribution >= 0.6 is 0 Å². The number of hydrogen-bond acceptors (Lipinski definition) is 6. The first-order valence-corrected chi connectivity index (χ1v) is 18.0. The molecule has 6 heteroatoms. The molecule has 9 rings (SSSR count). The van der Waals surface area contributed by atoms with E-state index in [1.54, 1.807) is 5.57 Å². The number of fused-ring (bicyclic) bond motifs is 6. The van der Waals surface area contributed by atoms with Crippen LogP contribution in [0.2, 0.25) is 0 Å². The van der Waals surface area contributed by atoms with Gasteiger partial charge in [-0.05, 0) is 104 Å². The number of nitrogens with two attached hydrogens (primary N) is 1. The van der Waals surface area contributed by atoms with E-state index in [2.05, 4.69) is 49.1 Å². The lowest BCUT2D eigenvalue weighted by molar-refractivity contribution is -0.212. The fourth-order valence-corrected chi connectivity index (χ4v) is 13.3. The van der Waals surface area contributed by atoms with Crippen LogP contribution < -0.4 is 5.73 Å². The Morgan fingerprint density at radius 1 is 1.05 bits per heavy atom. The second kappa shape index (κ2) is 9.87. The number of nitrogens with zero attached hydrogens (tertiary/aromatic N) is 1. The molecule has 2 saturated heterocycles. The third-order valence-electron chi connectivity index (χ3n) is 15.3. The quantitative estimate of drug-likeness (QED) is 0.295. The highest BCUT2D eigenvalue weighted by Gasteiger charge is 2.93. The van der Waals surface area contributed by atoms with E-state index in [0.717, 1.165) is 50.1 Å². The maximum absolute atomic E-state index is 10.5. The van der Waals surface area contributed by atoms with Gasteiger partial charge in [-0.25, -0.2) is 0 Å². The van der Waals surface area contributed by atoms with Gasteiger partial charge in [-0.3, -0.25) is 4.90 Å². The first kappa shape index (κ1) is 28.9. The first-order valence-electron chi connectivity index (χ1n) is 18.0. The molecule has 3 N–H and O–H groups in total. The number of aliphatic hydroxyl groups is 1. The van der Waals surface area contributed by atoms with E-state index in [1.165, 1.54) is 50.5 Å². The summed E-state index contributed by atoms with van der Waals surface area (Å²) in [6.07, 6.45) is 14.6. The number of ether oxygens (including phenoxy) is 3. The van der Waals surface area contributed by atoms with Crippen LogP contribution in [0.15, 0.2) is 42.0 Å². The molecule has 2 aliphatic heterocycles. The van der Waals surface area contributed by atoms with Gasteiger partial charge in [0.15, 0.2) is 0 Å². The highest BCUT2D eigenvalue weighted by molar-refractivity contribution is 5.43. The Morgan fingerprint density at radius 3 is 2.75 bits per heavy atom. The largest absolute Gasteiger partial charge is 0.393 e. The van der Waals surface area contributed by atoms with E-state index in [0.29, 0.717) is 54.5 Å². The molecule has 6 aliphatic carbocycles. The summed E-state index contributed by atoms with van der Waals surface area (Å²) in [6.45, 7) is 9.41. The van der Waals surface area contributed by atoms with Crippen molar-refractivity contribution in [2.24, 2.45) is 51.6 Å². The predicted molar refractivity (Wildman–Crippen MR) is 169 cm³/mol. The molecule has 0 amide bonds. The molecule has 5 saturated carbocycles. The van der Waals surface area contributed by atoms with Crippen LogP contribution in [-0.2, 0) is 20.8 Å². The van der Waals surface area contributed by atoms with Crippen molar-refractivity contribution in [3.8, 4) is 0 Å². The van der Waals surface area contributed by atoms with Crippen molar-refractivity contribution in [3.63, 3.8) is 0 Å². The first-order chi connectivity index (χ1) is 21.3. The average molecular weight is 603 g/mol. The van der Waals surface area contributed by atoms with Crippen LogP contribution in [0.3, 0.4) is 0 Å². The van der Waals surface area contributed by atoms with Gasteiger partial charge in [0.05, 0.1) is 44.2 Å². The number of benzene rings is 1. The van der Waals surface area contributed by atoms with E-state index in [-0.39, 0.29) is 23.5 Å². The monoisotopic (exact) mass is 602 g/mol. The number of rotatable bonds is 8. The van der Waals surface area contributed by atoms with Crippen molar-refractivity contribution in [2.75, 3.05) is 32.9 Å². The summed E-state index contributed by atoms with van der Waals surface area (Å²) in [5.41, 5.74) is 11.2. The Morgan fingerprint density at radius 2 is 1.89 bits per heavy atom. The molecule has 2 unspecified atom stereocenters. The fourth-order valence-electron chi connectivity index (χ4n) is 13.3. The van der Waals surface area contributed by atoms with Gasteiger partial charge in [-0.2, -0.15) is 0 Å². The molecular formula is C38H54N2O4. The van der Waals surface area contributed by atoms with Gasteiger partial charge >= 0.3 is 0 Å². The van der Waals surface area contributed by atoms with Gasteiger partial charge < -0.3 is 25.1 Å².